The van der Waals surface area contributed by atoms with Crippen molar-refractivity contribution in [1.82, 2.24) is 0 Å². The van der Waals surface area contributed by atoms with Crippen molar-refractivity contribution < 1.29 is 37.3 Å². The van der Waals surface area contributed by atoms with Gasteiger partial charge in [0.2, 0.25) is 0 Å². The lowest BCUT2D eigenvalue weighted by Gasteiger charge is -2.16. The second-order valence-electron chi connectivity index (χ2n) is 7.47. The summed E-state index contributed by atoms with van der Waals surface area (Å²) in [6.07, 6.45) is -2.08. The summed E-state index contributed by atoms with van der Waals surface area (Å²) in [5, 5.41) is 0. The first-order chi connectivity index (χ1) is 15.4. The van der Waals surface area contributed by atoms with Crippen molar-refractivity contribution in [2.24, 2.45) is 0 Å². The maximum absolute atomic E-state index is 14.9. The van der Waals surface area contributed by atoms with E-state index in [0.29, 0.717) is 11.4 Å². The molecule has 0 N–H and O–H groups in total. The van der Waals surface area contributed by atoms with E-state index in [0.717, 1.165) is 12.1 Å². The van der Waals surface area contributed by atoms with Gasteiger partial charge in [-0.3, -0.25) is 9.80 Å². The number of rotatable bonds is 7. The molecule has 2 fully saturated rings. The van der Waals surface area contributed by atoms with Gasteiger partial charge >= 0.3 is 12.2 Å². The van der Waals surface area contributed by atoms with Gasteiger partial charge in [-0.05, 0) is 36.4 Å². The second-order valence-corrected chi connectivity index (χ2v) is 7.47. The van der Waals surface area contributed by atoms with Crippen LogP contribution in [0, 0.1) is 11.6 Å². The topological polar surface area (TPSA) is 77.5 Å². The average molecular weight is 448 g/mol. The molecule has 2 aliphatic heterocycles. The molecule has 0 unspecified atom stereocenters. The molecule has 0 aromatic heterocycles. The minimum Gasteiger partial charge on any atom is -0.441 e. The van der Waals surface area contributed by atoms with Crippen molar-refractivity contribution in [3.05, 3.63) is 48.0 Å². The Bertz CT molecular complexity index is 952. The van der Waals surface area contributed by atoms with E-state index in [1.54, 1.807) is 0 Å². The Balaban J connectivity index is 1.54. The zero-order valence-electron chi connectivity index (χ0n) is 17.5. The van der Waals surface area contributed by atoms with E-state index < -0.39 is 36.0 Å². The summed E-state index contributed by atoms with van der Waals surface area (Å²) in [6, 6.07) is 8.17. The van der Waals surface area contributed by atoms with E-state index >= 15 is 0 Å². The Morgan fingerprint density at radius 3 is 1.56 bits per heavy atom. The Labute approximate surface area is 183 Å². The Morgan fingerprint density at radius 1 is 0.812 bits per heavy atom. The number of benzene rings is 2. The number of nitrogens with zero attached hydrogens (tertiary/aromatic N) is 2. The van der Waals surface area contributed by atoms with Crippen LogP contribution in [0.25, 0.3) is 11.1 Å². The predicted molar refractivity (Wildman–Crippen MR) is 111 cm³/mol. The van der Waals surface area contributed by atoms with Crippen molar-refractivity contribution in [2.75, 3.05) is 50.3 Å². The third kappa shape index (κ3) is 4.23. The lowest BCUT2D eigenvalue weighted by atomic mass is 10.0. The van der Waals surface area contributed by atoms with Crippen molar-refractivity contribution in [3.8, 4) is 11.1 Å². The van der Waals surface area contributed by atoms with E-state index in [1.165, 1.54) is 48.3 Å². The maximum atomic E-state index is 14.9. The lowest BCUT2D eigenvalue weighted by Crippen LogP contribution is -2.26. The number of amides is 2. The van der Waals surface area contributed by atoms with Crippen LogP contribution in [0.4, 0.5) is 29.7 Å². The van der Waals surface area contributed by atoms with Gasteiger partial charge in [0.25, 0.3) is 0 Å². The molecule has 0 radical (unpaired) electrons. The highest BCUT2D eigenvalue weighted by molar-refractivity contribution is 5.91. The number of carbonyl (C=O) groups is 2. The van der Waals surface area contributed by atoms with Gasteiger partial charge in [-0.1, -0.05) is 0 Å². The fourth-order valence-electron chi connectivity index (χ4n) is 3.79. The smallest absolute Gasteiger partial charge is 0.414 e. The summed E-state index contributed by atoms with van der Waals surface area (Å²) in [7, 11) is 2.99. The number of carbonyl (C=O) groups excluding carboxylic acids is 2. The molecule has 32 heavy (non-hydrogen) atoms. The Hall–Kier alpha value is -3.24. The molecule has 0 saturated carbocycles. The number of ether oxygens (including phenoxy) is 4. The van der Waals surface area contributed by atoms with E-state index in [1.807, 2.05) is 0 Å². The number of halogens is 2. The summed E-state index contributed by atoms with van der Waals surface area (Å²) in [5.41, 5.74) is 0.659. The van der Waals surface area contributed by atoms with Gasteiger partial charge in [-0.2, -0.15) is 0 Å². The molecule has 2 atom stereocenters. The molecule has 2 aliphatic rings. The van der Waals surface area contributed by atoms with E-state index in [2.05, 4.69) is 0 Å². The van der Waals surface area contributed by atoms with Crippen LogP contribution in [0.3, 0.4) is 0 Å². The maximum Gasteiger partial charge on any atom is 0.414 e. The Morgan fingerprint density at radius 2 is 1.22 bits per heavy atom. The first-order valence-corrected chi connectivity index (χ1v) is 9.95. The zero-order valence-corrected chi connectivity index (χ0v) is 17.5. The van der Waals surface area contributed by atoms with Gasteiger partial charge < -0.3 is 18.9 Å². The highest BCUT2D eigenvalue weighted by atomic mass is 19.1. The van der Waals surface area contributed by atoms with Crippen LogP contribution in [-0.2, 0) is 18.9 Å². The molecule has 2 saturated heterocycles. The van der Waals surface area contributed by atoms with Crippen molar-refractivity contribution in [3.63, 3.8) is 0 Å². The summed E-state index contributed by atoms with van der Waals surface area (Å²) < 4.78 is 50.0. The molecule has 170 valence electrons. The summed E-state index contributed by atoms with van der Waals surface area (Å²) in [5.74, 6) is -1.39. The molecule has 2 heterocycles. The van der Waals surface area contributed by atoms with Crippen LogP contribution < -0.4 is 9.80 Å². The molecule has 0 spiro atoms. The SMILES string of the molecule is COC[C@H]1CN(c2ccc(-c3ccc(N4C[C@H](COC)OC4=O)cc3F)c(F)c2)C(=O)O1. The lowest BCUT2D eigenvalue weighted by molar-refractivity contribution is 0.0715. The number of hydrogen-bond acceptors (Lipinski definition) is 6. The molecular weight excluding hydrogens is 426 g/mol. The van der Waals surface area contributed by atoms with Gasteiger partial charge in [0.15, 0.2) is 0 Å². The van der Waals surface area contributed by atoms with Crippen molar-refractivity contribution >= 4 is 23.6 Å². The summed E-state index contributed by atoms with van der Waals surface area (Å²) in [6.45, 7) is 0.920. The zero-order chi connectivity index (χ0) is 22.8. The molecule has 0 bridgehead atoms. The fraction of sp³-hybridized carbons (Fsp3) is 0.364. The summed E-state index contributed by atoms with van der Waals surface area (Å²) in [4.78, 5) is 26.7. The molecule has 8 nitrogen and oxygen atoms in total. The first-order valence-electron chi connectivity index (χ1n) is 9.95. The highest BCUT2D eigenvalue weighted by Gasteiger charge is 2.34. The normalized spacial score (nSPS) is 20.6. The number of cyclic esters (lactones) is 2. The third-order valence-electron chi connectivity index (χ3n) is 5.27. The van der Waals surface area contributed by atoms with Gasteiger partial charge in [-0.25, -0.2) is 18.4 Å². The predicted octanol–water partition coefficient (Wildman–Crippen LogP) is 3.58. The summed E-state index contributed by atoms with van der Waals surface area (Å²) >= 11 is 0. The molecule has 4 rings (SSSR count). The van der Waals surface area contributed by atoms with Crippen LogP contribution in [0.15, 0.2) is 36.4 Å². The molecule has 0 aliphatic carbocycles. The monoisotopic (exact) mass is 448 g/mol. The van der Waals surface area contributed by atoms with Crippen LogP contribution in [-0.4, -0.2) is 64.9 Å². The fourth-order valence-corrected chi connectivity index (χ4v) is 3.79. The quantitative estimate of drug-likeness (QED) is 0.645. The third-order valence-corrected chi connectivity index (χ3v) is 5.27. The van der Waals surface area contributed by atoms with Crippen molar-refractivity contribution in [1.29, 1.82) is 0 Å². The molecule has 2 aromatic carbocycles. The first kappa shape index (κ1) is 22.0. The second kappa shape index (κ2) is 9.09. The van der Waals surface area contributed by atoms with Crippen LogP contribution in [0.2, 0.25) is 0 Å². The standard InChI is InChI=1S/C22H22F2N2O6/c1-29-11-15-9-25(21(27)31-15)13-3-5-17(19(23)7-13)18-6-4-14(8-20(18)24)26-10-16(12-30-2)32-22(26)28/h3-8,15-16H,9-12H2,1-2H3/t15-,16-/m1/s1. The van der Waals surface area contributed by atoms with E-state index in [4.69, 9.17) is 18.9 Å². The minimum atomic E-state index is -0.696. The molecule has 10 heteroatoms. The number of hydrogen-bond donors (Lipinski definition) is 0. The number of anilines is 2. The van der Waals surface area contributed by atoms with Gasteiger partial charge in [0.05, 0.1) is 37.7 Å². The largest absolute Gasteiger partial charge is 0.441 e. The molecule has 2 aromatic rings. The average Bonchev–Trinajstić information content (AvgIpc) is 3.31. The Kier molecular flexibility index (Phi) is 6.24. The molecular formula is C22H22F2N2O6. The van der Waals surface area contributed by atoms with Crippen LogP contribution in [0.1, 0.15) is 0 Å². The van der Waals surface area contributed by atoms with E-state index in [-0.39, 0.29) is 37.4 Å². The minimum absolute atomic E-state index is 0.0278. The van der Waals surface area contributed by atoms with Crippen molar-refractivity contribution in [2.45, 2.75) is 12.2 Å². The van der Waals surface area contributed by atoms with Gasteiger partial charge in [-0.15, -0.1) is 0 Å². The van der Waals surface area contributed by atoms with Crippen LogP contribution >= 0.6 is 0 Å². The highest BCUT2D eigenvalue weighted by Crippen LogP contribution is 2.33. The molecule has 2 amide bonds. The number of methoxy groups -OCH3 is 2. The van der Waals surface area contributed by atoms with Gasteiger partial charge in [0, 0.05) is 25.3 Å². The van der Waals surface area contributed by atoms with E-state index in [9.17, 15) is 18.4 Å². The van der Waals surface area contributed by atoms with Crippen LogP contribution in [0.5, 0.6) is 0 Å². The van der Waals surface area contributed by atoms with Gasteiger partial charge in [0.1, 0.15) is 23.8 Å².